The van der Waals surface area contributed by atoms with Crippen molar-refractivity contribution in [2.45, 2.75) is 0 Å². The number of furan rings is 2. The molecule has 8 aromatic carbocycles. The first-order valence-electron chi connectivity index (χ1n) is 17.9. The zero-order valence-corrected chi connectivity index (χ0v) is 28.0. The minimum Gasteiger partial charge on any atom is -0.456 e. The Bertz CT molecular complexity index is 2910. The lowest BCUT2D eigenvalue weighted by molar-refractivity contribution is 0.668. The molecule has 0 saturated carbocycles. The molecular weight excluding hydrogens is 633 g/mol. The summed E-state index contributed by atoms with van der Waals surface area (Å²) in [4.78, 5) is 2.57. The third kappa shape index (κ3) is 3.86. The highest BCUT2D eigenvalue weighted by Gasteiger charge is 2.42. The van der Waals surface area contributed by atoms with Crippen LogP contribution in [0, 0.1) is 0 Å². The van der Waals surface area contributed by atoms with E-state index in [9.17, 15) is 0 Å². The summed E-state index contributed by atoms with van der Waals surface area (Å²) >= 11 is 0. The van der Waals surface area contributed by atoms with Crippen LogP contribution in [0.2, 0.25) is 0 Å². The molecule has 12 rings (SSSR count). The van der Waals surface area contributed by atoms with Gasteiger partial charge in [-0.1, -0.05) is 109 Å². The Morgan fingerprint density at radius 3 is 1.25 bits per heavy atom. The molecule has 10 aromatic rings. The summed E-state index contributed by atoms with van der Waals surface area (Å²) in [5, 5.41) is 4.57. The first-order chi connectivity index (χ1) is 25.8. The zero-order valence-electron chi connectivity index (χ0n) is 28.0. The van der Waals surface area contributed by atoms with Gasteiger partial charge in [0, 0.05) is 44.0 Å². The van der Waals surface area contributed by atoms with Gasteiger partial charge in [-0.25, -0.2) is 0 Å². The molecule has 0 radical (unpaired) electrons. The second kappa shape index (κ2) is 10.4. The van der Waals surface area contributed by atoms with Crippen molar-refractivity contribution in [3.05, 3.63) is 170 Å². The number of fused-ring (bicyclic) bond motifs is 17. The maximum Gasteiger partial charge on any atom is 0.329 e. The summed E-state index contributed by atoms with van der Waals surface area (Å²) in [5.74, 6) is 0. The minimum atomic E-state index is 0.0615. The maximum absolute atomic E-state index is 6.16. The van der Waals surface area contributed by atoms with Gasteiger partial charge in [0.2, 0.25) is 0 Å². The lowest BCUT2D eigenvalue weighted by Gasteiger charge is -2.43. The van der Waals surface area contributed by atoms with E-state index in [1.165, 1.54) is 66.8 Å². The zero-order chi connectivity index (χ0) is 33.9. The van der Waals surface area contributed by atoms with Crippen LogP contribution in [-0.2, 0) is 0 Å². The summed E-state index contributed by atoms with van der Waals surface area (Å²) in [7, 11) is 0. The fraction of sp³-hybridized carbons (Fsp3) is 0. The molecule has 52 heavy (non-hydrogen) atoms. The van der Waals surface area contributed by atoms with Gasteiger partial charge in [-0.2, -0.15) is 0 Å². The van der Waals surface area contributed by atoms with E-state index in [4.69, 9.17) is 8.83 Å². The molecule has 0 atom stereocenters. The molecule has 0 N–H and O–H groups in total. The average molecular weight is 662 g/mol. The van der Waals surface area contributed by atoms with Gasteiger partial charge in [-0.3, -0.25) is 0 Å². The highest BCUT2D eigenvalue weighted by Crippen LogP contribution is 2.48. The van der Waals surface area contributed by atoms with E-state index in [2.05, 4.69) is 150 Å². The fourth-order valence-corrected chi connectivity index (χ4v) is 8.91. The van der Waals surface area contributed by atoms with Gasteiger partial charge in [0.15, 0.2) is 0 Å². The highest BCUT2D eigenvalue weighted by molar-refractivity contribution is 6.92. The summed E-state index contributed by atoms with van der Waals surface area (Å²) in [6.07, 6.45) is 0. The van der Waals surface area contributed by atoms with E-state index in [1.54, 1.807) is 0 Å². The molecule has 240 valence electrons. The Hall–Kier alpha value is -6.78. The van der Waals surface area contributed by atoms with Gasteiger partial charge in [0.1, 0.15) is 22.3 Å². The number of benzene rings is 8. The second-order valence-corrected chi connectivity index (χ2v) is 14.0. The number of hydrogen-bond acceptors (Lipinski definition) is 3. The number of anilines is 2. The van der Waals surface area contributed by atoms with E-state index in [-0.39, 0.29) is 6.85 Å². The van der Waals surface area contributed by atoms with Crippen LogP contribution in [0.5, 0.6) is 0 Å². The molecule has 0 fully saturated rings. The van der Waals surface area contributed by atoms with Gasteiger partial charge < -0.3 is 13.6 Å². The Balaban J connectivity index is 1.04. The summed E-state index contributed by atoms with van der Waals surface area (Å²) in [5.41, 5.74) is 18.5. The number of para-hydroxylation sites is 2. The SMILES string of the molecule is c1ccc2c(c1)B1c3ccccc3-c3cc(-c4ccc5oc6ccccc6c5c4)ccc3N1c1ccc(-c3ccc4oc5ccccc5c4c3)cc1-2. The van der Waals surface area contributed by atoms with Crippen molar-refractivity contribution >= 4 is 73.0 Å². The molecule has 0 unspecified atom stereocenters. The van der Waals surface area contributed by atoms with Crippen molar-refractivity contribution in [2.75, 3.05) is 4.81 Å². The Morgan fingerprint density at radius 2 is 0.731 bits per heavy atom. The minimum absolute atomic E-state index is 0.0615. The Kier molecular flexibility index (Phi) is 5.58. The van der Waals surface area contributed by atoms with Gasteiger partial charge in [0.05, 0.1) is 0 Å². The third-order valence-corrected chi connectivity index (χ3v) is 11.3. The molecule has 2 aliphatic heterocycles. The van der Waals surface area contributed by atoms with Crippen molar-refractivity contribution in [3.63, 3.8) is 0 Å². The van der Waals surface area contributed by atoms with Crippen molar-refractivity contribution in [1.29, 1.82) is 0 Å². The molecule has 4 heterocycles. The first kappa shape index (κ1) is 28.0. The molecule has 0 bridgehead atoms. The molecule has 4 heteroatoms. The standard InChI is InChI=1S/C48H28BNO2/c1-5-13-41-33(9-1)37-25-29(31-19-23-47-39(27-31)35-11-3-7-15-45(35)51-47)17-21-43(37)50-44-22-18-30(26-38(44)34-10-2-6-14-42(34)49(41)50)32-20-24-48-40(28-32)36-12-4-8-16-46(36)52-48/h1-28H. The smallest absolute Gasteiger partial charge is 0.329 e. The van der Waals surface area contributed by atoms with Crippen LogP contribution in [0.4, 0.5) is 11.4 Å². The van der Waals surface area contributed by atoms with Crippen LogP contribution in [0.1, 0.15) is 0 Å². The molecule has 0 aliphatic carbocycles. The molecule has 0 saturated heterocycles. The largest absolute Gasteiger partial charge is 0.456 e. The van der Waals surface area contributed by atoms with Crippen LogP contribution < -0.4 is 15.7 Å². The molecular formula is C48H28BNO2. The topological polar surface area (TPSA) is 29.5 Å². The maximum atomic E-state index is 6.16. The number of nitrogens with zero attached hydrogens (tertiary/aromatic N) is 1. The van der Waals surface area contributed by atoms with Gasteiger partial charge >= 0.3 is 6.85 Å². The molecule has 2 aromatic heterocycles. The van der Waals surface area contributed by atoms with Crippen molar-refractivity contribution in [2.24, 2.45) is 0 Å². The Morgan fingerprint density at radius 1 is 0.327 bits per heavy atom. The number of rotatable bonds is 2. The fourth-order valence-electron chi connectivity index (χ4n) is 8.91. The average Bonchev–Trinajstić information content (AvgIpc) is 3.78. The van der Waals surface area contributed by atoms with E-state index in [0.717, 1.165) is 43.9 Å². The molecule has 3 nitrogen and oxygen atoms in total. The number of hydrogen-bond donors (Lipinski definition) is 0. The van der Waals surface area contributed by atoms with Crippen LogP contribution in [0.25, 0.3) is 88.4 Å². The second-order valence-electron chi connectivity index (χ2n) is 14.0. The van der Waals surface area contributed by atoms with E-state index < -0.39 is 0 Å². The van der Waals surface area contributed by atoms with Crippen molar-refractivity contribution < 1.29 is 8.83 Å². The van der Waals surface area contributed by atoms with E-state index >= 15 is 0 Å². The van der Waals surface area contributed by atoms with E-state index in [0.29, 0.717) is 0 Å². The highest BCUT2D eigenvalue weighted by atomic mass is 16.3. The Labute approximate surface area is 300 Å². The predicted octanol–water partition coefficient (Wildman–Crippen LogP) is 11.7. The quantitative estimate of drug-likeness (QED) is 0.173. The van der Waals surface area contributed by atoms with Gasteiger partial charge in [0.25, 0.3) is 0 Å². The summed E-state index contributed by atoms with van der Waals surface area (Å²) in [6, 6.07) is 61.6. The van der Waals surface area contributed by atoms with Gasteiger partial charge in [-0.15, -0.1) is 0 Å². The first-order valence-corrected chi connectivity index (χ1v) is 17.9. The van der Waals surface area contributed by atoms with Crippen molar-refractivity contribution in [1.82, 2.24) is 0 Å². The lowest BCUT2D eigenvalue weighted by Crippen LogP contribution is -2.59. The van der Waals surface area contributed by atoms with Crippen LogP contribution in [-0.4, -0.2) is 6.85 Å². The van der Waals surface area contributed by atoms with Crippen LogP contribution >= 0.6 is 0 Å². The third-order valence-electron chi connectivity index (χ3n) is 11.3. The van der Waals surface area contributed by atoms with Crippen molar-refractivity contribution in [3.8, 4) is 44.5 Å². The summed E-state index contributed by atoms with van der Waals surface area (Å²) < 4.78 is 12.3. The van der Waals surface area contributed by atoms with Crippen LogP contribution in [0.3, 0.4) is 0 Å². The lowest BCUT2D eigenvalue weighted by atomic mass is 9.43. The van der Waals surface area contributed by atoms with Crippen LogP contribution in [0.15, 0.2) is 179 Å². The molecule has 0 spiro atoms. The predicted molar refractivity (Wildman–Crippen MR) is 216 cm³/mol. The normalized spacial score (nSPS) is 12.9. The monoisotopic (exact) mass is 661 g/mol. The molecule has 2 aliphatic rings. The summed E-state index contributed by atoms with van der Waals surface area (Å²) in [6.45, 7) is 0.0615. The van der Waals surface area contributed by atoms with Gasteiger partial charge in [-0.05, 0) is 105 Å². The van der Waals surface area contributed by atoms with E-state index in [1.807, 2.05) is 24.3 Å². The molecule has 0 amide bonds.